The molecule has 0 aliphatic rings. The third-order valence-corrected chi connectivity index (χ3v) is 1.28. The van der Waals surface area contributed by atoms with Gasteiger partial charge in [0.1, 0.15) is 0 Å². The smallest absolute Gasteiger partial charge is 0.217 e. The van der Waals surface area contributed by atoms with Crippen molar-refractivity contribution in [1.82, 2.24) is 4.90 Å². The number of rotatable bonds is 4. The van der Waals surface area contributed by atoms with Gasteiger partial charge in [-0.2, -0.15) is 0 Å². The summed E-state index contributed by atoms with van der Waals surface area (Å²) in [4.78, 5) is 1.89. The Morgan fingerprint density at radius 2 is 1.75 bits per heavy atom. The highest BCUT2D eigenvalue weighted by Gasteiger charge is 2.16. The van der Waals surface area contributed by atoms with Gasteiger partial charge in [-0.25, -0.2) is 0 Å². The summed E-state index contributed by atoms with van der Waals surface area (Å²) in [5.41, 5.74) is 0.187. The average molecular weight is 175 g/mol. The van der Waals surface area contributed by atoms with Gasteiger partial charge in [0, 0.05) is 7.11 Å². The number of nitrogens with zero attached hydrogens (tertiary/aromatic N) is 1. The highest BCUT2D eigenvalue weighted by molar-refractivity contribution is 4.59. The molecule has 0 aromatic heterocycles. The molecule has 0 aliphatic carbocycles. The van der Waals surface area contributed by atoms with E-state index in [0.29, 0.717) is 6.61 Å². The van der Waals surface area contributed by atoms with Crippen LogP contribution in [0.2, 0.25) is 0 Å². The van der Waals surface area contributed by atoms with Crippen LogP contribution in [0.15, 0.2) is 0 Å². The molecule has 0 aliphatic heterocycles. The SMILES string of the molecule is COC(OCC(C)(C)C)N(C)C. The van der Waals surface area contributed by atoms with Crippen LogP contribution in [0.1, 0.15) is 20.8 Å². The van der Waals surface area contributed by atoms with Gasteiger partial charge in [0.15, 0.2) is 0 Å². The van der Waals surface area contributed by atoms with Crippen LogP contribution in [0.4, 0.5) is 0 Å². The molecule has 0 N–H and O–H groups in total. The fourth-order valence-corrected chi connectivity index (χ4v) is 0.749. The van der Waals surface area contributed by atoms with Gasteiger partial charge >= 0.3 is 0 Å². The number of hydrogen-bond acceptors (Lipinski definition) is 3. The van der Waals surface area contributed by atoms with Crippen molar-refractivity contribution in [3.05, 3.63) is 0 Å². The zero-order valence-electron chi connectivity index (χ0n) is 9.05. The van der Waals surface area contributed by atoms with Crippen LogP contribution < -0.4 is 0 Å². The molecule has 1 atom stereocenters. The summed E-state index contributed by atoms with van der Waals surface area (Å²) in [7, 11) is 5.50. The maximum absolute atomic E-state index is 5.52. The summed E-state index contributed by atoms with van der Waals surface area (Å²) in [6.07, 6.45) is -0.232. The molecule has 3 nitrogen and oxygen atoms in total. The molecule has 0 bridgehead atoms. The van der Waals surface area contributed by atoms with Gasteiger partial charge in [-0.05, 0) is 19.5 Å². The van der Waals surface area contributed by atoms with Crippen molar-refractivity contribution in [3.63, 3.8) is 0 Å². The minimum absolute atomic E-state index is 0.187. The van der Waals surface area contributed by atoms with Crippen LogP contribution in [-0.4, -0.2) is 39.1 Å². The van der Waals surface area contributed by atoms with Gasteiger partial charge in [0.05, 0.1) is 6.61 Å². The van der Waals surface area contributed by atoms with Crippen LogP contribution in [0.3, 0.4) is 0 Å². The lowest BCUT2D eigenvalue weighted by molar-refractivity contribution is -0.207. The van der Waals surface area contributed by atoms with Crippen molar-refractivity contribution >= 4 is 0 Å². The summed E-state index contributed by atoms with van der Waals surface area (Å²) in [5, 5.41) is 0. The second-order valence-corrected chi connectivity index (χ2v) is 4.38. The van der Waals surface area contributed by atoms with E-state index >= 15 is 0 Å². The Kier molecular flexibility index (Phi) is 4.75. The topological polar surface area (TPSA) is 21.7 Å². The highest BCUT2D eigenvalue weighted by Crippen LogP contribution is 2.14. The van der Waals surface area contributed by atoms with Crippen molar-refractivity contribution < 1.29 is 9.47 Å². The first-order valence-electron chi connectivity index (χ1n) is 4.17. The van der Waals surface area contributed by atoms with E-state index in [1.807, 2.05) is 19.0 Å². The first-order chi connectivity index (χ1) is 5.37. The fraction of sp³-hybridized carbons (Fsp3) is 1.00. The van der Waals surface area contributed by atoms with E-state index in [0.717, 1.165) is 0 Å². The van der Waals surface area contributed by atoms with Crippen molar-refractivity contribution in [3.8, 4) is 0 Å². The van der Waals surface area contributed by atoms with E-state index < -0.39 is 0 Å². The molecule has 0 spiro atoms. The summed E-state index contributed by atoms with van der Waals surface area (Å²) in [6.45, 7) is 7.10. The van der Waals surface area contributed by atoms with Gasteiger partial charge < -0.3 is 9.47 Å². The molecule has 0 aromatic carbocycles. The van der Waals surface area contributed by atoms with Crippen LogP contribution >= 0.6 is 0 Å². The van der Waals surface area contributed by atoms with Crippen LogP contribution in [0, 0.1) is 5.41 Å². The maximum atomic E-state index is 5.52. The molecular formula is C9H21NO2. The maximum Gasteiger partial charge on any atom is 0.217 e. The molecule has 0 saturated carbocycles. The largest absolute Gasteiger partial charge is 0.343 e. The van der Waals surface area contributed by atoms with E-state index in [9.17, 15) is 0 Å². The normalized spacial score (nSPS) is 15.2. The fourth-order valence-electron chi connectivity index (χ4n) is 0.749. The first-order valence-corrected chi connectivity index (χ1v) is 4.17. The Bertz CT molecular complexity index is 118. The molecular weight excluding hydrogens is 154 g/mol. The minimum atomic E-state index is -0.232. The molecule has 3 heteroatoms. The molecule has 0 rings (SSSR count). The molecule has 0 heterocycles. The molecule has 12 heavy (non-hydrogen) atoms. The Morgan fingerprint density at radius 3 is 2.00 bits per heavy atom. The summed E-state index contributed by atoms with van der Waals surface area (Å²) < 4.78 is 10.6. The highest BCUT2D eigenvalue weighted by atomic mass is 16.7. The van der Waals surface area contributed by atoms with E-state index in [2.05, 4.69) is 20.8 Å². The van der Waals surface area contributed by atoms with Gasteiger partial charge in [-0.1, -0.05) is 20.8 Å². The van der Waals surface area contributed by atoms with E-state index in [1.54, 1.807) is 7.11 Å². The molecule has 74 valence electrons. The van der Waals surface area contributed by atoms with Crippen LogP contribution in [0.25, 0.3) is 0 Å². The predicted octanol–water partition coefficient (Wildman–Crippen LogP) is 1.54. The lowest BCUT2D eigenvalue weighted by Gasteiger charge is -2.26. The zero-order chi connectivity index (χ0) is 9.78. The van der Waals surface area contributed by atoms with Crippen molar-refractivity contribution in [2.75, 3.05) is 27.8 Å². The van der Waals surface area contributed by atoms with Gasteiger partial charge in [-0.3, -0.25) is 4.90 Å². The standard InChI is InChI=1S/C9H21NO2/c1-9(2,3)7-12-8(11-6)10(4)5/h8H,7H2,1-6H3. The van der Waals surface area contributed by atoms with Crippen molar-refractivity contribution in [2.24, 2.45) is 5.41 Å². The zero-order valence-corrected chi connectivity index (χ0v) is 9.05. The van der Waals surface area contributed by atoms with E-state index in [-0.39, 0.29) is 11.8 Å². The monoisotopic (exact) mass is 175 g/mol. The van der Waals surface area contributed by atoms with Crippen LogP contribution in [-0.2, 0) is 9.47 Å². The molecule has 0 radical (unpaired) electrons. The molecule has 0 amide bonds. The number of ether oxygens (including phenoxy) is 2. The Hall–Kier alpha value is -0.120. The van der Waals surface area contributed by atoms with Gasteiger partial charge in [-0.15, -0.1) is 0 Å². The third-order valence-electron chi connectivity index (χ3n) is 1.28. The lowest BCUT2D eigenvalue weighted by atomic mass is 9.99. The molecule has 0 aromatic rings. The van der Waals surface area contributed by atoms with Crippen molar-refractivity contribution in [2.45, 2.75) is 27.2 Å². The van der Waals surface area contributed by atoms with Gasteiger partial charge in [0.25, 0.3) is 0 Å². The Morgan fingerprint density at radius 1 is 1.25 bits per heavy atom. The lowest BCUT2D eigenvalue weighted by Crippen LogP contribution is -2.34. The van der Waals surface area contributed by atoms with E-state index in [4.69, 9.17) is 9.47 Å². The number of hydrogen-bond donors (Lipinski definition) is 0. The molecule has 1 unspecified atom stereocenters. The van der Waals surface area contributed by atoms with Crippen molar-refractivity contribution in [1.29, 1.82) is 0 Å². The van der Waals surface area contributed by atoms with Crippen LogP contribution in [0.5, 0.6) is 0 Å². The Balaban J connectivity index is 3.73. The summed E-state index contributed by atoms with van der Waals surface area (Å²) in [6, 6.07) is 0. The second kappa shape index (κ2) is 4.80. The minimum Gasteiger partial charge on any atom is -0.343 e. The summed E-state index contributed by atoms with van der Waals surface area (Å²) >= 11 is 0. The average Bonchev–Trinajstić information content (AvgIpc) is 1.85. The molecule has 0 fully saturated rings. The van der Waals surface area contributed by atoms with E-state index in [1.165, 1.54) is 0 Å². The second-order valence-electron chi connectivity index (χ2n) is 4.38. The first kappa shape index (κ1) is 11.9. The van der Waals surface area contributed by atoms with Gasteiger partial charge in [0.2, 0.25) is 6.41 Å². The third kappa shape index (κ3) is 5.52. The molecule has 0 saturated heterocycles. The number of methoxy groups -OCH3 is 1. The predicted molar refractivity (Wildman–Crippen MR) is 49.9 cm³/mol. The Labute approximate surface area is 75.6 Å². The summed E-state index contributed by atoms with van der Waals surface area (Å²) in [5.74, 6) is 0. The quantitative estimate of drug-likeness (QED) is 0.605.